The van der Waals surface area contributed by atoms with Gasteiger partial charge in [0, 0.05) is 0 Å². The first-order valence-corrected chi connectivity index (χ1v) is 6.99. The van der Waals surface area contributed by atoms with E-state index in [4.69, 9.17) is 19.7 Å². The molecule has 11 nitrogen and oxygen atoms in total. The maximum absolute atomic E-state index is 9.70. The Balaban J connectivity index is 2.55. The maximum Gasteiger partial charge on any atom is 0.186 e. The van der Waals surface area contributed by atoms with Gasteiger partial charge >= 0.3 is 0 Å². The standard InChI is InChI=1S/C12H24O11/c13-1-4(15)7(17)8(18)5(16)3-22-12-11(21)10(20)9(19)6(2-14)23-12/h4-21H,1-3H2/t4-,5+,6-,7-,8+,9+,10-,11+,12+/m1/s1. The number of rotatable bonds is 8. The second kappa shape index (κ2) is 9.15. The normalized spacial score (nSPS) is 37.2. The predicted molar refractivity (Wildman–Crippen MR) is 70.8 cm³/mol. The van der Waals surface area contributed by atoms with Crippen LogP contribution in [0.1, 0.15) is 0 Å². The monoisotopic (exact) mass is 344 g/mol. The third-order valence-electron chi connectivity index (χ3n) is 3.61. The zero-order chi connectivity index (χ0) is 17.7. The average Bonchev–Trinajstić information content (AvgIpc) is 2.56. The summed E-state index contributed by atoms with van der Waals surface area (Å²) in [4.78, 5) is 0. The first-order chi connectivity index (χ1) is 10.7. The first-order valence-electron chi connectivity index (χ1n) is 6.99. The minimum atomic E-state index is -1.86. The summed E-state index contributed by atoms with van der Waals surface area (Å²) in [6.45, 7) is -2.16. The molecule has 0 aromatic heterocycles. The lowest BCUT2D eigenvalue weighted by Gasteiger charge is -2.40. The molecular formula is C12H24O11. The van der Waals surface area contributed by atoms with E-state index in [1.54, 1.807) is 0 Å². The Hall–Kier alpha value is -0.440. The predicted octanol–water partition coefficient (Wildman–Crippen LogP) is -5.76. The van der Waals surface area contributed by atoms with Gasteiger partial charge in [0.25, 0.3) is 0 Å². The topological polar surface area (TPSA) is 201 Å². The third-order valence-corrected chi connectivity index (χ3v) is 3.61. The van der Waals surface area contributed by atoms with Gasteiger partial charge in [-0.15, -0.1) is 0 Å². The largest absolute Gasteiger partial charge is 0.394 e. The quantitative estimate of drug-likeness (QED) is 0.203. The molecule has 138 valence electrons. The number of aliphatic hydroxyl groups excluding tert-OH is 9. The van der Waals surface area contributed by atoms with Crippen LogP contribution in [-0.2, 0) is 9.47 Å². The lowest BCUT2D eigenvalue weighted by molar-refractivity contribution is -0.306. The summed E-state index contributed by atoms with van der Waals surface area (Å²) in [5.41, 5.74) is 0. The summed E-state index contributed by atoms with van der Waals surface area (Å²) in [6.07, 6.45) is -14.7. The van der Waals surface area contributed by atoms with E-state index in [0.717, 1.165) is 0 Å². The van der Waals surface area contributed by atoms with Gasteiger partial charge in [-0.3, -0.25) is 0 Å². The van der Waals surface area contributed by atoms with Crippen LogP contribution in [0.15, 0.2) is 0 Å². The van der Waals surface area contributed by atoms with E-state index in [1.807, 2.05) is 0 Å². The fraction of sp³-hybridized carbons (Fsp3) is 1.00. The van der Waals surface area contributed by atoms with Crippen molar-refractivity contribution in [3.63, 3.8) is 0 Å². The molecule has 0 radical (unpaired) electrons. The van der Waals surface area contributed by atoms with Crippen LogP contribution in [0.2, 0.25) is 0 Å². The summed E-state index contributed by atoms with van der Waals surface area (Å²) in [5.74, 6) is 0. The van der Waals surface area contributed by atoms with E-state index in [2.05, 4.69) is 0 Å². The van der Waals surface area contributed by atoms with Crippen molar-refractivity contribution in [2.24, 2.45) is 0 Å². The molecule has 0 saturated carbocycles. The molecule has 1 aliphatic heterocycles. The highest BCUT2D eigenvalue weighted by Gasteiger charge is 2.44. The minimum absolute atomic E-state index is 0.655. The molecule has 0 unspecified atom stereocenters. The van der Waals surface area contributed by atoms with Crippen LogP contribution in [0.25, 0.3) is 0 Å². The second-order valence-corrected chi connectivity index (χ2v) is 5.33. The zero-order valence-corrected chi connectivity index (χ0v) is 12.2. The average molecular weight is 344 g/mol. The number of hydrogen-bond acceptors (Lipinski definition) is 11. The van der Waals surface area contributed by atoms with Crippen LogP contribution >= 0.6 is 0 Å². The molecule has 0 aromatic rings. The molecule has 0 amide bonds. The van der Waals surface area contributed by atoms with Crippen molar-refractivity contribution in [1.29, 1.82) is 0 Å². The highest BCUT2D eigenvalue weighted by atomic mass is 16.7. The molecule has 23 heavy (non-hydrogen) atoms. The van der Waals surface area contributed by atoms with E-state index in [-0.39, 0.29) is 0 Å². The molecule has 9 N–H and O–H groups in total. The van der Waals surface area contributed by atoms with Crippen LogP contribution in [0.5, 0.6) is 0 Å². The van der Waals surface area contributed by atoms with Gasteiger partial charge in [-0.2, -0.15) is 0 Å². The van der Waals surface area contributed by atoms with Gasteiger partial charge < -0.3 is 55.4 Å². The van der Waals surface area contributed by atoms with Crippen molar-refractivity contribution < 1.29 is 55.4 Å². The fourth-order valence-electron chi connectivity index (χ4n) is 2.06. The van der Waals surface area contributed by atoms with Crippen LogP contribution in [0, 0.1) is 0 Å². The van der Waals surface area contributed by atoms with Gasteiger partial charge in [0.1, 0.15) is 48.8 Å². The van der Waals surface area contributed by atoms with Crippen LogP contribution in [-0.4, -0.2) is 121 Å². The Morgan fingerprint density at radius 1 is 0.826 bits per heavy atom. The van der Waals surface area contributed by atoms with Crippen molar-refractivity contribution in [3.8, 4) is 0 Å². The summed E-state index contributed by atoms with van der Waals surface area (Å²) >= 11 is 0. The summed E-state index contributed by atoms with van der Waals surface area (Å²) in [6, 6.07) is 0. The number of aliphatic hydroxyl groups is 9. The van der Waals surface area contributed by atoms with E-state index in [1.165, 1.54) is 0 Å². The molecule has 9 atom stereocenters. The van der Waals surface area contributed by atoms with Crippen molar-refractivity contribution in [3.05, 3.63) is 0 Å². The lowest BCUT2D eigenvalue weighted by atomic mass is 9.99. The molecule has 1 fully saturated rings. The molecule has 1 heterocycles. The molecule has 11 heteroatoms. The molecule has 1 aliphatic rings. The zero-order valence-electron chi connectivity index (χ0n) is 12.2. The van der Waals surface area contributed by atoms with Crippen molar-refractivity contribution >= 4 is 0 Å². The molecule has 1 saturated heterocycles. The Kier molecular flexibility index (Phi) is 8.20. The minimum Gasteiger partial charge on any atom is -0.394 e. The first kappa shape index (κ1) is 20.6. The van der Waals surface area contributed by atoms with E-state index >= 15 is 0 Å². The molecule has 1 rings (SSSR count). The Labute approximate surface area is 131 Å². The van der Waals surface area contributed by atoms with Gasteiger partial charge in [-0.1, -0.05) is 0 Å². The van der Waals surface area contributed by atoms with Gasteiger partial charge in [-0.05, 0) is 0 Å². The molecule has 0 aliphatic carbocycles. The van der Waals surface area contributed by atoms with E-state index in [0.29, 0.717) is 0 Å². The Bertz CT molecular complexity index is 341. The maximum atomic E-state index is 9.70. The molecule has 0 bridgehead atoms. The summed E-state index contributed by atoms with van der Waals surface area (Å²) in [5, 5.41) is 84.4. The summed E-state index contributed by atoms with van der Waals surface area (Å²) in [7, 11) is 0. The Morgan fingerprint density at radius 2 is 1.39 bits per heavy atom. The SMILES string of the molecule is OC[C@@H](O)[C@@H](O)[C@@H](O)[C@@H](O)CO[C@H]1O[C@H](CO)[C@H](O)[C@@H](O)[C@@H]1O. The Morgan fingerprint density at radius 3 is 1.91 bits per heavy atom. The third kappa shape index (κ3) is 5.01. The second-order valence-electron chi connectivity index (χ2n) is 5.33. The van der Waals surface area contributed by atoms with Gasteiger partial charge in [-0.25, -0.2) is 0 Å². The highest BCUT2D eigenvalue weighted by Crippen LogP contribution is 2.22. The molecule has 0 aromatic carbocycles. The van der Waals surface area contributed by atoms with Crippen LogP contribution in [0.3, 0.4) is 0 Å². The van der Waals surface area contributed by atoms with Crippen molar-refractivity contribution in [2.45, 2.75) is 55.1 Å². The van der Waals surface area contributed by atoms with E-state index < -0.39 is 74.9 Å². The van der Waals surface area contributed by atoms with Crippen LogP contribution in [0.4, 0.5) is 0 Å². The lowest BCUT2D eigenvalue weighted by Crippen LogP contribution is -2.59. The van der Waals surface area contributed by atoms with Gasteiger partial charge in [0.15, 0.2) is 6.29 Å². The number of hydrogen-bond donors (Lipinski definition) is 9. The van der Waals surface area contributed by atoms with Crippen molar-refractivity contribution in [2.75, 3.05) is 19.8 Å². The smallest absolute Gasteiger partial charge is 0.186 e. The molecular weight excluding hydrogens is 320 g/mol. The van der Waals surface area contributed by atoms with Crippen molar-refractivity contribution in [1.82, 2.24) is 0 Å². The van der Waals surface area contributed by atoms with Gasteiger partial charge in [0.2, 0.25) is 0 Å². The van der Waals surface area contributed by atoms with E-state index in [9.17, 15) is 35.7 Å². The highest BCUT2D eigenvalue weighted by molar-refractivity contribution is 4.89. The number of ether oxygens (including phenoxy) is 2. The van der Waals surface area contributed by atoms with Crippen LogP contribution < -0.4 is 0 Å². The molecule has 0 spiro atoms. The fourth-order valence-corrected chi connectivity index (χ4v) is 2.06. The van der Waals surface area contributed by atoms with Gasteiger partial charge in [0.05, 0.1) is 19.8 Å². The summed E-state index contributed by atoms with van der Waals surface area (Å²) < 4.78 is 9.99.